The van der Waals surface area contributed by atoms with Crippen molar-refractivity contribution < 1.29 is 8.42 Å². The Labute approximate surface area is 196 Å². The monoisotopic (exact) mass is 484 g/mol. The molecule has 0 spiro atoms. The normalized spacial score (nSPS) is 12.6. The highest BCUT2D eigenvalue weighted by Gasteiger charge is 2.22. The van der Waals surface area contributed by atoms with Crippen molar-refractivity contribution in [1.29, 1.82) is 0 Å². The van der Waals surface area contributed by atoms with Crippen molar-refractivity contribution >= 4 is 33.4 Å². The number of thioether (sulfide) groups is 1. The summed E-state index contributed by atoms with van der Waals surface area (Å²) in [5, 5.41) is 9.70. The Morgan fingerprint density at radius 1 is 0.938 bits per heavy atom. The third-order valence-corrected chi connectivity index (χ3v) is 7.94. The molecule has 1 atom stereocenters. The van der Waals surface area contributed by atoms with Crippen molar-refractivity contribution in [1.82, 2.24) is 19.5 Å². The van der Waals surface area contributed by atoms with Crippen LogP contribution in [0.2, 0.25) is 5.02 Å². The quantitative estimate of drug-likeness (QED) is 0.358. The lowest BCUT2D eigenvalue weighted by molar-refractivity contribution is 0.581. The van der Waals surface area contributed by atoms with Crippen molar-refractivity contribution in [2.24, 2.45) is 7.05 Å². The number of rotatable bonds is 8. The molecule has 164 valence electrons. The van der Waals surface area contributed by atoms with E-state index in [1.54, 1.807) is 30.3 Å². The first-order valence-electron chi connectivity index (χ1n) is 9.86. The lowest BCUT2D eigenvalue weighted by Crippen LogP contribution is -2.27. The van der Waals surface area contributed by atoms with Crippen LogP contribution in [-0.4, -0.2) is 29.7 Å². The fraction of sp³-hybridized carbons (Fsp3) is 0.130. The molecule has 0 aliphatic carbocycles. The fourth-order valence-corrected chi connectivity index (χ4v) is 5.63. The highest BCUT2D eigenvalue weighted by Crippen LogP contribution is 2.36. The van der Waals surface area contributed by atoms with Gasteiger partial charge in [-0.3, -0.25) is 0 Å². The van der Waals surface area contributed by atoms with Gasteiger partial charge in [-0.05, 0) is 29.8 Å². The Balaban J connectivity index is 1.60. The summed E-state index contributed by atoms with van der Waals surface area (Å²) in [6.07, 6.45) is 0. The summed E-state index contributed by atoms with van der Waals surface area (Å²) in [6.45, 7) is 0.195. The predicted octanol–water partition coefficient (Wildman–Crippen LogP) is 4.95. The van der Waals surface area contributed by atoms with Crippen molar-refractivity contribution in [3.8, 4) is 11.4 Å². The third kappa shape index (κ3) is 5.05. The first kappa shape index (κ1) is 22.5. The van der Waals surface area contributed by atoms with Gasteiger partial charge in [0.2, 0.25) is 10.0 Å². The highest BCUT2D eigenvalue weighted by molar-refractivity contribution is 7.99. The zero-order valence-electron chi connectivity index (χ0n) is 17.2. The van der Waals surface area contributed by atoms with E-state index < -0.39 is 10.0 Å². The maximum atomic E-state index is 12.7. The van der Waals surface area contributed by atoms with Crippen LogP contribution in [0.3, 0.4) is 0 Å². The van der Waals surface area contributed by atoms with Crippen LogP contribution in [-0.2, 0) is 17.1 Å². The number of halogens is 1. The number of benzene rings is 3. The predicted molar refractivity (Wildman–Crippen MR) is 128 cm³/mol. The Morgan fingerprint density at radius 2 is 1.56 bits per heavy atom. The number of nitrogens with one attached hydrogen (secondary N) is 1. The SMILES string of the molecule is Cn1c(S[C@H](CNS(=O)(=O)c2ccccc2)c2ccccc2)nnc1-c1ccccc1Cl. The maximum absolute atomic E-state index is 12.7. The Hall–Kier alpha value is -2.65. The number of aromatic nitrogens is 3. The summed E-state index contributed by atoms with van der Waals surface area (Å²) >= 11 is 7.78. The molecular weight excluding hydrogens is 464 g/mol. The van der Waals surface area contributed by atoms with Gasteiger partial charge in [0.1, 0.15) is 0 Å². The van der Waals surface area contributed by atoms with Crippen LogP contribution in [0.15, 0.2) is 95.0 Å². The van der Waals surface area contributed by atoms with E-state index in [0.717, 1.165) is 11.1 Å². The van der Waals surface area contributed by atoms with E-state index >= 15 is 0 Å². The molecule has 4 rings (SSSR count). The van der Waals surface area contributed by atoms with Gasteiger partial charge in [0.25, 0.3) is 0 Å². The lowest BCUT2D eigenvalue weighted by Gasteiger charge is -2.17. The van der Waals surface area contributed by atoms with Gasteiger partial charge in [0, 0.05) is 19.2 Å². The number of hydrogen-bond donors (Lipinski definition) is 1. The molecule has 0 saturated heterocycles. The summed E-state index contributed by atoms with van der Waals surface area (Å²) in [5.74, 6) is 0.648. The third-order valence-electron chi connectivity index (χ3n) is 4.88. The van der Waals surface area contributed by atoms with E-state index in [9.17, 15) is 8.42 Å². The molecule has 1 aromatic heterocycles. The smallest absolute Gasteiger partial charge is 0.240 e. The van der Waals surface area contributed by atoms with Gasteiger partial charge < -0.3 is 4.57 Å². The van der Waals surface area contributed by atoms with E-state index in [1.165, 1.54) is 11.8 Å². The molecule has 0 saturated carbocycles. The number of hydrogen-bond acceptors (Lipinski definition) is 5. The van der Waals surface area contributed by atoms with E-state index in [-0.39, 0.29) is 16.7 Å². The number of sulfonamides is 1. The van der Waals surface area contributed by atoms with Gasteiger partial charge in [-0.1, -0.05) is 84.0 Å². The number of nitrogens with zero attached hydrogens (tertiary/aromatic N) is 3. The molecule has 1 heterocycles. The summed E-state index contributed by atoms with van der Waals surface area (Å²) in [4.78, 5) is 0.233. The van der Waals surface area contributed by atoms with Crippen molar-refractivity contribution in [2.75, 3.05) is 6.54 Å². The molecule has 0 radical (unpaired) electrons. The van der Waals surface area contributed by atoms with Crippen LogP contribution in [0.5, 0.6) is 0 Å². The summed E-state index contributed by atoms with van der Waals surface area (Å²) in [6, 6.07) is 25.5. The van der Waals surface area contributed by atoms with Gasteiger partial charge >= 0.3 is 0 Å². The second-order valence-electron chi connectivity index (χ2n) is 7.03. The van der Waals surface area contributed by atoms with Crippen LogP contribution in [0.1, 0.15) is 10.8 Å². The molecular formula is C23H21ClN4O2S2. The lowest BCUT2D eigenvalue weighted by atomic mass is 10.1. The largest absolute Gasteiger partial charge is 0.305 e. The van der Waals surface area contributed by atoms with Crippen LogP contribution >= 0.6 is 23.4 Å². The van der Waals surface area contributed by atoms with E-state index in [4.69, 9.17) is 11.6 Å². The van der Waals surface area contributed by atoms with Crippen LogP contribution < -0.4 is 4.72 Å². The Kier molecular flexibility index (Phi) is 6.95. The molecule has 0 aliphatic rings. The maximum Gasteiger partial charge on any atom is 0.240 e. The van der Waals surface area contributed by atoms with Gasteiger partial charge in [-0.15, -0.1) is 10.2 Å². The molecule has 0 unspecified atom stereocenters. The molecule has 0 bridgehead atoms. The van der Waals surface area contributed by atoms with Gasteiger partial charge in [-0.25, -0.2) is 13.1 Å². The molecule has 0 amide bonds. The minimum absolute atomic E-state index is 0.195. The molecule has 0 fully saturated rings. The van der Waals surface area contributed by atoms with Gasteiger partial charge in [0.05, 0.1) is 15.2 Å². The molecule has 9 heteroatoms. The summed E-state index contributed by atoms with van der Waals surface area (Å²) in [5.41, 5.74) is 1.77. The minimum Gasteiger partial charge on any atom is -0.305 e. The molecule has 3 aromatic carbocycles. The first-order valence-corrected chi connectivity index (χ1v) is 12.6. The molecule has 6 nitrogen and oxygen atoms in total. The van der Waals surface area contributed by atoms with Crippen molar-refractivity contribution in [3.63, 3.8) is 0 Å². The van der Waals surface area contributed by atoms with Crippen LogP contribution in [0, 0.1) is 0 Å². The zero-order valence-corrected chi connectivity index (χ0v) is 19.6. The van der Waals surface area contributed by atoms with Gasteiger partial charge in [-0.2, -0.15) is 0 Å². The molecule has 1 N–H and O–H groups in total. The molecule has 32 heavy (non-hydrogen) atoms. The van der Waals surface area contributed by atoms with Crippen LogP contribution in [0.4, 0.5) is 0 Å². The zero-order chi connectivity index (χ0) is 22.6. The average Bonchev–Trinajstić information content (AvgIpc) is 3.18. The van der Waals surface area contributed by atoms with Gasteiger partial charge in [0.15, 0.2) is 11.0 Å². The standard InChI is InChI=1S/C23H21ClN4O2S2/c1-28-22(19-14-8-9-15-20(19)24)26-27-23(28)31-21(17-10-4-2-5-11-17)16-25-32(29,30)18-12-6-3-7-13-18/h2-15,21,25H,16H2,1H3/t21-/m1/s1. The van der Waals surface area contributed by atoms with Crippen LogP contribution in [0.25, 0.3) is 11.4 Å². The fourth-order valence-electron chi connectivity index (χ4n) is 3.19. The highest BCUT2D eigenvalue weighted by atomic mass is 35.5. The Bertz CT molecular complexity index is 1300. The second-order valence-corrected chi connectivity index (χ2v) is 10.4. The molecule has 4 aromatic rings. The summed E-state index contributed by atoms with van der Waals surface area (Å²) in [7, 11) is -1.76. The van der Waals surface area contributed by atoms with E-state index in [1.807, 2.05) is 66.2 Å². The molecule has 0 aliphatic heterocycles. The Morgan fingerprint density at radius 3 is 2.25 bits per heavy atom. The summed E-state index contributed by atoms with van der Waals surface area (Å²) < 4.78 is 30.1. The van der Waals surface area contributed by atoms with Crippen molar-refractivity contribution in [3.05, 3.63) is 95.5 Å². The van der Waals surface area contributed by atoms with E-state index in [2.05, 4.69) is 14.9 Å². The second kappa shape index (κ2) is 9.87. The first-order chi connectivity index (χ1) is 15.5. The topological polar surface area (TPSA) is 76.9 Å². The average molecular weight is 485 g/mol. The minimum atomic E-state index is -3.63. The van der Waals surface area contributed by atoms with E-state index in [0.29, 0.717) is 16.0 Å². The van der Waals surface area contributed by atoms with Crippen molar-refractivity contribution in [2.45, 2.75) is 15.3 Å².